The molecule has 0 atom stereocenters. The summed E-state index contributed by atoms with van der Waals surface area (Å²) in [6.45, 7) is 2.19. The minimum atomic E-state index is -0.158. The number of ether oxygens (including phenoxy) is 1. The lowest BCUT2D eigenvalue weighted by atomic mass is 10.1. The van der Waals surface area contributed by atoms with Gasteiger partial charge in [0.25, 0.3) is 0 Å². The van der Waals surface area contributed by atoms with Gasteiger partial charge in [-0.2, -0.15) is 0 Å². The lowest BCUT2D eigenvalue weighted by molar-refractivity contribution is -0.140. The maximum atomic E-state index is 11.6. The fourth-order valence-electron chi connectivity index (χ4n) is 1.98. The van der Waals surface area contributed by atoms with Gasteiger partial charge < -0.3 is 4.74 Å². The van der Waals surface area contributed by atoms with Gasteiger partial charge in [0.05, 0.1) is 7.11 Å². The van der Waals surface area contributed by atoms with Crippen LogP contribution in [0.15, 0.2) is 48.6 Å². The Morgan fingerprint density at radius 2 is 1.62 bits per heavy atom. The average Bonchev–Trinajstić information content (AvgIpc) is 2.59. The molecule has 3 nitrogen and oxygen atoms in total. The second-order valence-electron chi connectivity index (χ2n) is 5.60. The van der Waals surface area contributed by atoms with E-state index >= 15 is 0 Å². The number of ketones is 1. The molecule has 0 aliphatic rings. The first kappa shape index (κ1) is 22.1. The van der Waals surface area contributed by atoms with Crippen molar-refractivity contribution in [2.45, 2.75) is 64.7 Å². The molecule has 0 fully saturated rings. The summed E-state index contributed by atoms with van der Waals surface area (Å²) in [7, 11) is 1.41. The average molecular weight is 332 g/mol. The molecule has 24 heavy (non-hydrogen) atoms. The lowest BCUT2D eigenvalue weighted by Gasteiger charge is -1.95. The van der Waals surface area contributed by atoms with E-state index in [2.05, 4.69) is 29.9 Å². The van der Waals surface area contributed by atoms with Crippen molar-refractivity contribution in [3.63, 3.8) is 0 Å². The molecule has 3 heteroatoms. The van der Waals surface area contributed by atoms with Crippen LogP contribution in [-0.4, -0.2) is 18.9 Å². The van der Waals surface area contributed by atoms with Crippen molar-refractivity contribution < 1.29 is 14.3 Å². The third-order valence-electron chi connectivity index (χ3n) is 3.41. The van der Waals surface area contributed by atoms with E-state index in [0.29, 0.717) is 12.8 Å². The predicted molar refractivity (Wildman–Crippen MR) is 101 cm³/mol. The molecule has 134 valence electrons. The highest BCUT2D eigenvalue weighted by Crippen LogP contribution is 2.01. The van der Waals surface area contributed by atoms with Gasteiger partial charge in [-0.15, -0.1) is 0 Å². The maximum absolute atomic E-state index is 11.6. The van der Waals surface area contributed by atoms with Gasteiger partial charge in [-0.25, -0.2) is 0 Å². The Kier molecular flexibility index (Phi) is 16.1. The first-order valence-electron chi connectivity index (χ1n) is 8.93. The van der Waals surface area contributed by atoms with Crippen molar-refractivity contribution in [1.82, 2.24) is 0 Å². The van der Waals surface area contributed by atoms with Crippen molar-refractivity contribution in [2.75, 3.05) is 7.11 Å². The monoisotopic (exact) mass is 332 g/mol. The van der Waals surface area contributed by atoms with Gasteiger partial charge in [0, 0.05) is 12.8 Å². The van der Waals surface area contributed by atoms with Crippen LogP contribution in [0, 0.1) is 0 Å². The van der Waals surface area contributed by atoms with Crippen molar-refractivity contribution >= 4 is 11.8 Å². The number of rotatable bonds is 14. The van der Waals surface area contributed by atoms with Crippen LogP contribution in [0.4, 0.5) is 0 Å². The van der Waals surface area contributed by atoms with E-state index in [1.54, 1.807) is 12.2 Å². The van der Waals surface area contributed by atoms with E-state index in [9.17, 15) is 9.59 Å². The molecule has 0 aromatic carbocycles. The Morgan fingerprint density at radius 3 is 2.38 bits per heavy atom. The third-order valence-corrected chi connectivity index (χ3v) is 3.41. The van der Waals surface area contributed by atoms with Crippen LogP contribution in [0.2, 0.25) is 0 Å². The Balaban J connectivity index is 3.65. The normalized spacial score (nSPS) is 12.1. The maximum Gasteiger partial charge on any atom is 0.305 e. The van der Waals surface area contributed by atoms with Crippen molar-refractivity contribution in [3.05, 3.63) is 48.6 Å². The second-order valence-corrected chi connectivity index (χ2v) is 5.60. The zero-order valence-electron chi connectivity index (χ0n) is 15.2. The van der Waals surface area contributed by atoms with Gasteiger partial charge in [0.2, 0.25) is 0 Å². The van der Waals surface area contributed by atoms with Gasteiger partial charge in [-0.1, -0.05) is 62.3 Å². The van der Waals surface area contributed by atoms with Crippen LogP contribution < -0.4 is 0 Å². The summed E-state index contributed by atoms with van der Waals surface area (Å²) in [5, 5.41) is 0. The smallest absolute Gasteiger partial charge is 0.305 e. The summed E-state index contributed by atoms with van der Waals surface area (Å²) >= 11 is 0. The zero-order chi connectivity index (χ0) is 17.9. The Hall–Kier alpha value is -1.90. The molecule has 0 aromatic heterocycles. The summed E-state index contributed by atoms with van der Waals surface area (Å²) in [5.74, 6) is -0.0290. The minimum Gasteiger partial charge on any atom is -0.469 e. The number of esters is 1. The van der Waals surface area contributed by atoms with Crippen molar-refractivity contribution in [2.24, 2.45) is 0 Å². The number of allylic oxidation sites excluding steroid dienone is 8. The fourth-order valence-corrected chi connectivity index (χ4v) is 1.98. The van der Waals surface area contributed by atoms with Gasteiger partial charge >= 0.3 is 5.97 Å². The minimum absolute atomic E-state index is 0.129. The topological polar surface area (TPSA) is 43.4 Å². The summed E-state index contributed by atoms with van der Waals surface area (Å²) in [4.78, 5) is 22.5. The van der Waals surface area contributed by atoms with E-state index in [1.807, 2.05) is 18.2 Å². The molecule has 0 radical (unpaired) electrons. The first-order valence-corrected chi connectivity index (χ1v) is 8.93. The lowest BCUT2D eigenvalue weighted by Crippen LogP contribution is -1.98. The quantitative estimate of drug-likeness (QED) is 0.139. The van der Waals surface area contributed by atoms with Gasteiger partial charge in [-0.3, -0.25) is 9.59 Å². The largest absolute Gasteiger partial charge is 0.469 e. The van der Waals surface area contributed by atoms with Gasteiger partial charge in [0.15, 0.2) is 5.78 Å². The zero-order valence-corrected chi connectivity index (χ0v) is 15.2. The molecule has 0 heterocycles. The first-order chi connectivity index (χ1) is 11.7. The second kappa shape index (κ2) is 17.5. The van der Waals surface area contributed by atoms with Crippen LogP contribution in [0.1, 0.15) is 64.7 Å². The molecule has 0 spiro atoms. The summed E-state index contributed by atoms with van der Waals surface area (Å²) in [6, 6.07) is 0. The van der Waals surface area contributed by atoms with Crippen LogP contribution in [-0.2, 0) is 14.3 Å². The number of unbranched alkanes of at least 4 members (excludes halogenated alkanes) is 4. The SMILES string of the molecule is CCCCCC=CCC(=O)C=CC=CCC=CCCCC(=O)OC. The molecule has 0 saturated heterocycles. The van der Waals surface area contributed by atoms with Gasteiger partial charge in [-0.05, 0) is 38.2 Å². The van der Waals surface area contributed by atoms with E-state index in [0.717, 1.165) is 25.7 Å². The van der Waals surface area contributed by atoms with Crippen LogP contribution in [0.3, 0.4) is 0 Å². The van der Waals surface area contributed by atoms with E-state index < -0.39 is 0 Å². The molecule has 0 rings (SSSR count). The third kappa shape index (κ3) is 16.5. The predicted octanol–water partition coefficient (Wildman–Crippen LogP) is 5.48. The number of hydrogen-bond acceptors (Lipinski definition) is 3. The van der Waals surface area contributed by atoms with Gasteiger partial charge in [0.1, 0.15) is 0 Å². The molecular formula is C21H32O3. The molecule has 0 bridgehead atoms. The number of carbonyl (C=O) groups is 2. The highest BCUT2D eigenvalue weighted by molar-refractivity contribution is 5.90. The number of methoxy groups -OCH3 is 1. The number of hydrogen-bond donors (Lipinski definition) is 0. The molecule has 0 aliphatic heterocycles. The Morgan fingerprint density at radius 1 is 0.875 bits per heavy atom. The number of carbonyl (C=O) groups excluding carboxylic acids is 2. The van der Waals surface area contributed by atoms with Crippen molar-refractivity contribution in [1.29, 1.82) is 0 Å². The molecule has 0 saturated carbocycles. The summed E-state index contributed by atoms with van der Waals surface area (Å²) < 4.78 is 4.57. The summed E-state index contributed by atoms with van der Waals surface area (Å²) in [6.07, 6.45) is 23.7. The standard InChI is InChI=1S/C21H32O3/c1-3-4-5-6-11-14-17-20(22)18-15-12-9-7-8-10-13-16-19-21(23)24-2/h8-12,14-15,18H,3-7,13,16-17,19H2,1-2H3. The fraction of sp³-hybridized carbons (Fsp3) is 0.524. The molecular weight excluding hydrogens is 300 g/mol. The highest BCUT2D eigenvalue weighted by Gasteiger charge is 1.96. The van der Waals surface area contributed by atoms with E-state index in [4.69, 9.17) is 0 Å². The molecule has 0 aromatic rings. The molecule has 0 N–H and O–H groups in total. The molecule has 0 unspecified atom stereocenters. The van der Waals surface area contributed by atoms with Crippen LogP contribution in [0.25, 0.3) is 0 Å². The highest BCUT2D eigenvalue weighted by atomic mass is 16.5. The molecule has 0 aliphatic carbocycles. The van der Waals surface area contributed by atoms with Crippen LogP contribution >= 0.6 is 0 Å². The molecule has 0 amide bonds. The van der Waals surface area contributed by atoms with E-state index in [-0.39, 0.29) is 11.8 Å². The van der Waals surface area contributed by atoms with Crippen LogP contribution in [0.5, 0.6) is 0 Å². The van der Waals surface area contributed by atoms with E-state index in [1.165, 1.54) is 26.4 Å². The Bertz CT molecular complexity index is 442. The van der Waals surface area contributed by atoms with Crippen molar-refractivity contribution in [3.8, 4) is 0 Å². The Labute approximate surface area is 147 Å². The summed E-state index contributed by atoms with van der Waals surface area (Å²) in [5.41, 5.74) is 0.